The Hall–Kier alpha value is -1.53. The van der Waals surface area contributed by atoms with Gasteiger partial charge in [0.1, 0.15) is 11.6 Å². The second-order valence-corrected chi connectivity index (χ2v) is 7.36. The van der Waals surface area contributed by atoms with Gasteiger partial charge in [0.25, 0.3) is 0 Å². The predicted octanol–water partition coefficient (Wildman–Crippen LogP) is 2.35. The summed E-state index contributed by atoms with van der Waals surface area (Å²) in [6, 6.07) is 3.44. The van der Waals surface area contributed by atoms with Gasteiger partial charge in [0.2, 0.25) is 5.91 Å². The molecular weight excluding hydrogens is 326 g/mol. The molecule has 25 heavy (non-hydrogen) atoms. The van der Waals surface area contributed by atoms with Crippen molar-refractivity contribution >= 4 is 5.91 Å². The number of carbonyl (C=O) groups is 1. The molecule has 138 valence electrons. The molecule has 1 aromatic carbocycles. The van der Waals surface area contributed by atoms with E-state index in [1.165, 1.54) is 25.0 Å². The van der Waals surface area contributed by atoms with Crippen molar-refractivity contribution in [2.45, 2.75) is 44.1 Å². The number of benzene rings is 1. The standard InChI is InChI=1S/C19H26F2N2O2/c20-16-6-4-15(17(21)12-16)5-7-18(24)23-11-3-8-19(25,14-23)13-22-9-1-2-10-22/h4,6,12,25H,1-3,5,7-11,13-14H2/t19-/m0/s1. The topological polar surface area (TPSA) is 43.8 Å². The molecule has 0 spiro atoms. The van der Waals surface area contributed by atoms with E-state index in [2.05, 4.69) is 4.90 Å². The Labute approximate surface area is 147 Å². The molecular formula is C19H26F2N2O2. The van der Waals surface area contributed by atoms with Crippen molar-refractivity contribution in [3.8, 4) is 0 Å². The summed E-state index contributed by atoms with van der Waals surface area (Å²) in [6.45, 7) is 3.62. The van der Waals surface area contributed by atoms with E-state index in [1.807, 2.05) is 0 Å². The highest BCUT2D eigenvalue weighted by Crippen LogP contribution is 2.25. The average molecular weight is 352 g/mol. The summed E-state index contributed by atoms with van der Waals surface area (Å²) >= 11 is 0. The average Bonchev–Trinajstić information content (AvgIpc) is 3.06. The Kier molecular flexibility index (Phi) is 5.69. The molecule has 0 bridgehead atoms. The fraction of sp³-hybridized carbons (Fsp3) is 0.632. The molecule has 4 nitrogen and oxygen atoms in total. The second-order valence-electron chi connectivity index (χ2n) is 7.36. The number of carbonyl (C=O) groups excluding carboxylic acids is 1. The minimum atomic E-state index is -0.848. The maximum absolute atomic E-state index is 13.7. The lowest BCUT2D eigenvalue weighted by Gasteiger charge is -2.41. The molecule has 2 aliphatic heterocycles. The van der Waals surface area contributed by atoms with Gasteiger partial charge in [0.05, 0.1) is 12.1 Å². The normalized spacial score (nSPS) is 24.7. The van der Waals surface area contributed by atoms with Gasteiger partial charge >= 0.3 is 0 Å². The Morgan fingerprint density at radius 2 is 1.92 bits per heavy atom. The highest BCUT2D eigenvalue weighted by Gasteiger charge is 2.37. The van der Waals surface area contributed by atoms with Crippen LogP contribution in [0.25, 0.3) is 0 Å². The highest BCUT2D eigenvalue weighted by atomic mass is 19.1. The van der Waals surface area contributed by atoms with Crippen LogP contribution in [0.3, 0.4) is 0 Å². The van der Waals surface area contributed by atoms with Crippen LogP contribution in [0.5, 0.6) is 0 Å². The number of aliphatic hydroxyl groups is 1. The Balaban J connectivity index is 1.54. The summed E-state index contributed by atoms with van der Waals surface area (Å²) in [6.07, 6.45) is 4.24. The molecule has 2 aliphatic rings. The van der Waals surface area contributed by atoms with Crippen molar-refractivity contribution in [1.82, 2.24) is 9.80 Å². The lowest BCUT2D eigenvalue weighted by Crippen LogP contribution is -2.55. The first-order chi connectivity index (χ1) is 12.0. The molecule has 0 aliphatic carbocycles. The second kappa shape index (κ2) is 7.79. The van der Waals surface area contributed by atoms with Gasteiger partial charge in [-0.1, -0.05) is 6.07 Å². The Morgan fingerprint density at radius 3 is 2.64 bits per heavy atom. The number of piperidine rings is 1. The van der Waals surface area contributed by atoms with Gasteiger partial charge in [-0.15, -0.1) is 0 Å². The van der Waals surface area contributed by atoms with E-state index in [-0.39, 0.29) is 18.7 Å². The largest absolute Gasteiger partial charge is 0.387 e. The molecule has 2 saturated heterocycles. The van der Waals surface area contributed by atoms with Crippen LogP contribution >= 0.6 is 0 Å². The predicted molar refractivity (Wildman–Crippen MR) is 91.1 cm³/mol. The summed E-state index contributed by atoms with van der Waals surface area (Å²) in [5.74, 6) is -1.31. The van der Waals surface area contributed by atoms with Gasteiger partial charge in [-0.2, -0.15) is 0 Å². The number of nitrogens with zero attached hydrogens (tertiary/aromatic N) is 2. The lowest BCUT2D eigenvalue weighted by atomic mass is 9.92. The van der Waals surface area contributed by atoms with Crippen molar-refractivity contribution in [2.24, 2.45) is 0 Å². The molecule has 2 heterocycles. The van der Waals surface area contributed by atoms with Gasteiger partial charge < -0.3 is 14.9 Å². The zero-order valence-corrected chi connectivity index (χ0v) is 14.5. The lowest BCUT2D eigenvalue weighted by molar-refractivity contribution is -0.139. The van der Waals surface area contributed by atoms with Gasteiger partial charge in [0.15, 0.2) is 0 Å². The van der Waals surface area contributed by atoms with E-state index in [4.69, 9.17) is 0 Å². The number of likely N-dealkylation sites (tertiary alicyclic amines) is 2. The summed E-state index contributed by atoms with van der Waals surface area (Å²) < 4.78 is 26.6. The number of aryl methyl sites for hydroxylation is 1. The van der Waals surface area contributed by atoms with E-state index in [1.54, 1.807) is 4.90 Å². The molecule has 1 aromatic rings. The summed E-state index contributed by atoms with van der Waals surface area (Å²) in [5, 5.41) is 10.9. The minimum absolute atomic E-state index is 0.0803. The van der Waals surface area contributed by atoms with E-state index in [0.29, 0.717) is 31.6 Å². The zero-order chi connectivity index (χ0) is 17.9. The summed E-state index contributed by atoms with van der Waals surface area (Å²) in [5.41, 5.74) is -0.501. The quantitative estimate of drug-likeness (QED) is 0.885. The number of β-amino-alcohol motifs (C(OH)–C–C–N with tert-alkyl or cyclic N) is 1. The van der Waals surface area contributed by atoms with Gasteiger partial charge in [0, 0.05) is 25.6 Å². The van der Waals surface area contributed by atoms with Crippen LogP contribution in [0.15, 0.2) is 18.2 Å². The van der Waals surface area contributed by atoms with Crippen LogP contribution < -0.4 is 0 Å². The summed E-state index contributed by atoms with van der Waals surface area (Å²) in [4.78, 5) is 16.4. The van der Waals surface area contributed by atoms with Crippen molar-refractivity contribution in [1.29, 1.82) is 0 Å². The van der Waals surface area contributed by atoms with Gasteiger partial charge in [-0.3, -0.25) is 4.79 Å². The molecule has 1 atom stereocenters. The maximum atomic E-state index is 13.7. The molecule has 6 heteroatoms. The van der Waals surface area contributed by atoms with Crippen LogP contribution in [-0.4, -0.2) is 59.1 Å². The molecule has 1 amide bonds. The van der Waals surface area contributed by atoms with Crippen molar-refractivity contribution < 1.29 is 18.7 Å². The summed E-state index contributed by atoms with van der Waals surface area (Å²) in [7, 11) is 0. The third-order valence-corrected chi connectivity index (χ3v) is 5.25. The van der Waals surface area contributed by atoms with E-state index in [9.17, 15) is 18.7 Å². The molecule has 0 aromatic heterocycles. The highest BCUT2D eigenvalue weighted by molar-refractivity contribution is 5.76. The van der Waals surface area contributed by atoms with Crippen LogP contribution in [0.1, 0.15) is 37.7 Å². The first-order valence-electron chi connectivity index (χ1n) is 9.12. The number of hydrogen-bond acceptors (Lipinski definition) is 3. The Morgan fingerprint density at radius 1 is 1.16 bits per heavy atom. The minimum Gasteiger partial charge on any atom is -0.387 e. The molecule has 0 unspecified atom stereocenters. The van der Waals surface area contributed by atoms with Crippen molar-refractivity contribution in [3.63, 3.8) is 0 Å². The number of halogens is 2. The fourth-order valence-electron chi connectivity index (χ4n) is 3.94. The van der Waals surface area contributed by atoms with Crippen molar-refractivity contribution in [3.05, 3.63) is 35.4 Å². The van der Waals surface area contributed by atoms with Crippen LogP contribution in [0.4, 0.5) is 8.78 Å². The van der Waals surface area contributed by atoms with Crippen LogP contribution in [0.2, 0.25) is 0 Å². The Bertz CT molecular complexity index is 619. The van der Waals surface area contributed by atoms with Crippen LogP contribution in [-0.2, 0) is 11.2 Å². The first kappa shape index (κ1) is 18.3. The van der Waals surface area contributed by atoms with Crippen molar-refractivity contribution in [2.75, 3.05) is 32.7 Å². The van der Waals surface area contributed by atoms with Gasteiger partial charge in [-0.25, -0.2) is 8.78 Å². The molecule has 1 N–H and O–H groups in total. The van der Waals surface area contributed by atoms with E-state index < -0.39 is 17.2 Å². The molecule has 3 rings (SSSR count). The molecule has 2 fully saturated rings. The maximum Gasteiger partial charge on any atom is 0.223 e. The zero-order valence-electron chi connectivity index (χ0n) is 14.5. The third-order valence-electron chi connectivity index (χ3n) is 5.25. The van der Waals surface area contributed by atoms with Gasteiger partial charge in [-0.05, 0) is 56.8 Å². The molecule has 0 radical (unpaired) electrons. The monoisotopic (exact) mass is 352 g/mol. The number of hydrogen-bond donors (Lipinski definition) is 1. The van der Waals surface area contributed by atoms with E-state index >= 15 is 0 Å². The SMILES string of the molecule is O=C(CCc1ccc(F)cc1F)N1CCC[C@](O)(CN2CCCC2)C1. The molecule has 0 saturated carbocycles. The third kappa shape index (κ3) is 4.76. The van der Waals surface area contributed by atoms with E-state index in [0.717, 1.165) is 25.6 Å². The number of rotatable bonds is 5. The first-order valence-corrected chi connectivity index (χ1v) is 9.12. The smallest absolute Gasteiger partial charge is 0.223 e. The van der Waals surface area contributed by atoms with Crippen LogP contribution in [0, 0.1) is 11.6 Å². The fourth-order valence-corrected chi connectivity index (χ4v) is 3.94. The number of amides is 1.